The largest absolute Gasteiger partial charge is 0.486 e. The van der Waals surface area contributed by atoms with E-state index in [1.807, 2.05) is 6.07 Å². The zero-order chi connectivity index (χ0) is 15.2. The molecule has 2 heteroatoms. The molecule has 0 bridgehead atoms. The Morgan fingerprint density at radius 2 is 1.86 bits per heavy atom. The van der Waals surface area contributed by atoms with Gasteiger partial charge in [0, 0.05) is 5.56 Å². The normalized spacial score (nSPS) is 26.7. The number of ether oxygens (including phenoxy) is 1. The maximum Gasteiger partial charge on any atom is 0.165 e. The molecular weight excluding hydrogens is 275 g/mol. The van der Waals surface area contributed by atoms with Crippen molar-refractivity contribution < 1.29 is 9.13 Å². The van der Waals surface area contributed by atoms with Crippen LogP contribution in [0.1, 0.15) is 48.8 Å². The minimum Gasteiger partial charge on any atom is -0.486 e. The van der Waals surface area contributed by atoms with Crippen LogP contribution in [0.5, 0.6) is 5.75 Å². The summed E-state index contributed by atoms with van der Waals surface area (Å²) in [5.74, 6) is 0.257. The molecule has 0 spiro atoms. The van der Waals surface area contributed by atoms with Gasteiger partial charge in [-0.25, -0.2) is 4.39 Å². The van der Waals surface area contributed by atoms with Crippen LogP contribution >= 0.6 is 0 Å². The van der Waals surface area contributed by atoms with Gasteiger partial charge in [0.1, 0.15) is 6.10 Å². The minimum atomic E-state index is -0.225. The summed E-state index contributed by atoms with van der Waals surface area (Å²) in [6.07, 6.45) is 5.67. The zero-order valence-corrected chi connectivity index (χ0v) is 12.9. The third-order valence-electron chi connectivity index (χ3n) is 5.36. The van der Waals surface area contributed by atoms with Gasteiger partial charge >= 0.3 is 0 Å². The molecule has 0 radical (unpaired) electrons. The van der Waals surface area contributed by atoms with Gasteiger partial charge in [-0.05, 0) is 37.8 Å². The fourth-order valence-corrected chi connectivity index (χ4v) is 4.24. The van der Waals surface area contributed by atoms with E-state index in [-0.39, 0.29) is 17.3 Å². The Hall–Kier alpha value is -1.83. The van der Waals surface area contributed by atoms with Gasteiger partial charge in [0.25, 0.3) is 0 Å². The lowest BCUT2D eigenvalue weighted by Crippen LogP contribution is -2.38. The molecule has 4 rings (SSSR count). The van der Waals surface area contributed by atoms with Crippen molar-refractivity contribution >= 4 is 0 Å². The summed E-state index contributed by atoms with van der Waals surface area (Å²) >= 11 is 0. The molecule has 0 amide bonds. The molecule has 1 nitrogen and oxygen atoms in total. The van der Waals surface area contributed by atoms with Gasteiger partial charge in [0.15, 0.2) is 11.6 Å². The van der Waals surface area contributed by atoms with Crippen molar-refractivity contribution in [3.63, 3.8) is 0 Å². The van der Waals surface area contributed by atoms with Crippen molar-refractivity contribution in [1.29, 1.82) is 0 Å². The van der Waals surface area contributed by atoms with Crippen molar-refractivity contribution in [2.75, 3.05) is 0 Å². The highest BCUT2D eigenvalue weighted by Gasteiger charge is 2.51. The third-order valence-corrected chi connectivity index (χ3v) is 5.36. The van der Waals surface area contributed by atoms with E-state index in [2.05, 4.69) is 37.3 Å². The number of para-hydroxylation sites is 1. The Kier molecular flexibility index (Phi) is 3.21. The fourth-order valence-electron chi connectivity index (χ4n) is 4.24. The first kappa shape index (κ1) is 13.8. The molecule has 2 aromatic carbocycles. The number of fused-ring (bicyclic) bond motifs is 3. The van der Waals surface area contributed by atoms with Crippen LogP contribution in [0.2, 0.25) is 0 Å². The highest BCUT2D eigenvalue weighted by Crippen LogP contribution is 2.53. The lowest BCUT2D eigenvalue weighted by Gasteiger charge is -2.34. The molecule has 0 saturated heterocycles. The molecule has 2 atom stereocenters. The SMILES string of the molecule is Cc1ccc(C23CCCCCC2Oc2c(F)cccc23)cc1. The van der Waals surface area contributed by atoms with Crippen LogP contribution in [0.15, 0.2) is 42.5 Å². The maximum atomic E-state index is 14.3. The quantitative estimate of drug-likeness (QED) is 0.707. The van der Waals surface area contributed by atoms with Gasteiger partial charge in [0.05, 0.1) is 5.41 Å². The van der Waals surface area contributed by atoms with Crippen LogP contribution in [0.4, 0.5) is 4.39 Å². The standard InChI is InChI=1S/C20H21FO/c1-14-9-11-15(12-10-14)20-13-4-2-3-8-18(20)22-19-16(20)6-5-7-17(19)21/h5-7,9-12,18H,2-4,8,13H2,1H3. The Morgan fingerprint density at radius 1 is 1.05 bits per heavy atom. The van der Waals surface area contributed by atoms with Crippen LogP contribution < -0.4 is 4.74 Å². The summed E-state index contributed by atoms with van der Waals surface area (Å²) in [6, 6.07) is 14.1. The zero-order valence-electron chi connectivity index (χ0n) is 12.9. The van der Waals surface area contributed by atoms with E-state index >= 15 is 0 Å². The lowest BCUT2D eigenvalue weighted by atomic mass is 9.68. The van der Waals surface area contributed by atoms with Gasteiger partial charge in [-0.1, -0.05) is 54.8 Å². The number of aryl methyl sites for hydroxylation is 1. The van der Waals surface area contributed by atoms with E-state index < -0.39 is 0 Å². The number of hydrogen-bond acceptors (Lipinski definition) is 1. The van der Waals surface area contributed by atoms with Gasteiger partial charge in [-0.3, -0.25) is 0 Å². The van der Waals surface area contributed by atoms with Crippen LogP contribution in [0, 0.1) is 12.7 Å². The minimum absolute atomic E-state index is 0.0598. The predicted octanol–water partition coefficient (Wildman–Crippen LogP) is 5.15. The molecule has 1 aliphatic carbocycles. The summed E-state index contributed by atoms with van der Waals surface area (Å²) in [6.45, 7) is 2.10. The van der Waals surface area contributed by atoms with Crippen molar-refractivity contribution in [2.24, 2.45) is 0 Å². The predicted molar refractivity (Wildman–Crippen MR) is 85.9 cm³/mol. The van der Waals surface area contributed by atoms with Crippen molar-refractivity contribution in [3.8, 4) is 5.75 Å². The summed E-state index contributed by atoms with van der Waals surface area (Å²) < 4.78 is 20.4. The Morgan fingerprint density at radius 3 is 2.68 bits per heavy atom. The van der Waals surface area contributed by atoms with Crippen molar-refractivity contribution in [2.45, 2.75) is 50.5 Å². The summed E-state index contributed by atoms with van der Waals surface area (Å²) in [5, 5.41) is 0. The van der Waals surface area contributed by atoms with Crippen LogP contribution in [-0.4, -0.2) is 6.10 Å². The molecule has 1 fully saturated rings. The Bertz CT molecular complexity index is 691. The molecule has 22 heavy (non-hydrogen) atoms. The number of rotatable bonds is 1. The molecular formula is C20H21FO. The summed E-state index contributed by atoms with van der Waals surface area (Å²) in [7, 11) is 0. The monoisotopic (exact) mass is 296 g/mol. The van der Waals surface area contributed by atoms with Crippen LogP contribution in [-0.2, 0) is 5.41 Å². The van der Waals surface area contributed by atoms with Crippen LogP contribution in [0.3, 0.4) is 0 Å². The Balaban J connectivity index is 1.94. The molecule has 114 valence electrons. The van der Waals surface area contributed by atoms with Gasteiger partial charge in [-0.15, -0.1) is 0 Å². The smallest absolute Gasteiger partial charge is 0.165 e. The average molecular weight is 296 g/mol. The first-order valence-corrected chi connectivity index (χ1v) is 8.24. The molecule has 1 saturated carbocycles. The third kappa shape index (κ3) is 1.89. The number of halogens is 1. The molecule has 2 aromatic rings. The second-order valence-corrected chi connectivity index (χ2v) is 6.66. The van der Waals surface area contributed by atoms with E-state index in [1.54, 1.807) is 0 Å². The van der Waals surface area contributed by atoms with Crippen molar-refractivity contribution in [1.82, 2.24) is 0 Å². The van der Waals surface area contributed by atoms with E-state index in [4.69, 9.17) is 4.74 Å². The van der Waals surface area contributed by atoms with E-state index in [0.29, 0.717) is 5.75 Å². The molecule has 1 aliphatic heterocycles. The topological polar surface area (TPSA) is 9.23 Å². The highest BCUT2D eigenvalue weighted by molar-refractivity contribution is 5.53. The maximum absolute atomic E-state index is 14.3. The van der Waals surface area contributed by atoms with E-state index in [0.717, 1.165) is 24.8 Å². The second-order valence-electron chi connectivity index (χ2n) is 6.66. The van der Waals surface area contributed by atoms with E-state index in [9.17, 15) is 4.39 Å². The highest BCUT2D eigenvalue weighted by atomic mass is 19.1. The Labute approximate surface area is 131 Å². The summed E-state index contributed by atoms with van der Waals surface area (Å²) in [5.41, 5.74) is 3.39. The molecule has 1 heterocycles. The summed E-state index contributed by atoms with van der Waals surface area (Å²) in [4.78, 5) is 0. The first-order valence-electron chi connectivity index (χ1n) is 8.24. The molecule has 2 unspecified atom stereocenters. The second kappa shape index (κ2) is 5.12. The van der Waals surface area contributed by atoms with Gasteiger partial charge in [-0.2, -0.15) is 0 Å². The number of hydrogen-bond donors (Lipinski definition) is 0. The average Bonchev–Trinajstić information content (AvgIpc) is 2.70. The van der Waals surface area contributed by atoms with Crippen molar-refractivity contribution in [3.05, 3.63) is 65.0 Å². The molecule has 2 aliphatic rings. The number of benzene rings is 2. The molecule has 0 aromatic heterocycles. The van der Waals surface area contributed by atoms with Gasteiger partial charge < -0.3 is 4.74 Å². The first-order chi connectivity index (χ1) is 10.7. The molecule has 0 N–H and O–H groups in total. The lowest BCUT2D eigenvalue weighted by molar-refractivity contribution is 0.154. The van der Waals surface area contributed by atoms with Crippen LogP contribution in [0.25, 0.3) is 0 Å². The fraction of sp³-hybridized carbons (Fsp3) is 0.400. The van der Waals surface area contributed by atoms with Gasteiger partial charge in [0.2, 0.25) is 0 Å². The van der Waals surface area contributed by atoms with E-state index in [1.165, 1.54) is 30.0 Å².